The fourth-order valence-electron chi connectivity index (χ4n) is 3.16. The van der Waals surface area contributed by atoms with Crippen LogP contribution in [0.2, 0.25) is 0 Å². The zero-order valence-corrected chi connectivity index (χ0v) is 15.5. The molecule has 0 atom stereocenters. The minimum absolute atomic E-state index is 0.0257. The van der Waals surface area contributed by atoms with Crippen LogP contribution in [0.25, 0.3) is 10.2 Å². The standard InChI is InChI=1S/C17H18N4O2S2/c1-10-8-18-17(24-10)20-13(22)6-7-21-9-19-15-14(16(21)23)11-4-2-3-5-12(11)25-15/h8-9H,2-7H2,1H3,(H,18,20,22). The molecule has 130 valence electrons. The number of nitrogens with zero attached hydrogens (tertiary/aromatic N) is 3. The number of hydrogen-bond donors (Lipinski definition) is 1. The Morgan fingerprint density at radius 1 is 1.28 bits per heavy atom. The second-order valence-corrected chi connectivity index (χ2v) is 8.53. The normalized spacial score (nSPS) is 13.8. The van der Waals surface area contributed by atoms with Crippen molar-refractivity contribution in [3.05, 3.63) is 38.2 Å². The van der Waals surface area contributed by atoms with Gasteiger partial charge in [0.05, 0.1) is 11.7 Å². The molecule has 4 rings (SSSR count). The van der Waals surface area contributed by atoms with Crippen LogP contribution >= 0.6 is 22.7 Å². The van der Waals surface area contributed by atoms with Crippen LogP contribution < -0.4 is 10.9 Å². The largest absolute Gasteiger partial charge is 0.302 e. The quantitative estimate of drug-likeness (QED) is 0.761. The summed E-state index contributed by atoms with van der Waals surface area (Å²) in [5.41, 5.74) is 1.16. The lowest BCUT2D eigenvalue weighted by molar-refractivity contribution is -0.116. The minimum atomic E-state index is -0.145. The molecule has 1 aliphatic carbocycles. The molecule has 25 heavy (non-hydrogen) atoms. The molecule has 0 saturated heterocycles. The number of amides is 1. The summed E-state index contributed by atoms with van der Waals surface area (Å²) in [5.74, 6) is -0.145. The Morgan fingerprint density at radius 2 is 2.12 bits per heavy atom. The van der Waals surface area contributed by atoms with Gasteiger partial charge in [0.1, 0.15) is 4.83 Å². The molecule has 6 nitrogen and oxygen atoms in total. The Morgan fingerprint density at radius 3 is 2.92 bits per heavy atom. The number of hydrogen-bond acceptors (Lipinski definition) is 6. The number of carbonyl (C=O) groups is 1. The van der Waals surface area contributed by atoms with Crippen LogP contribution in [-0.2, 0) is 24.2 Å². The van der Waals surface area contributed by atoms with Gasteiger partial charge in [-0.15, -0.1) is 22.7 Å². The third-order valence-corrected chi connectivity index (χ3v) is 6.42. The molecule has 0 spiro atoms. The van der Waals surface area contributed by atoms with Crippen molar-refractivity contribution in [3.63, 3.8) is 0 Å². The van der Waals surface area contributed by atoms with Crippen molar-refractivity contribution >= 4 is 43.9 Å². The number of nitrogens with one attached hydrogen (secondary N) is 1. The van der Waals surface area contributed by atoms with Gasteiger partial charge in [0.25, 0.3) is 5.56 Å². The number of carbonyl (C=O) groups excluding carboxylic acids is 1. The van der Waals surface area contributed by atoms with Gasteiger partial charge >= 0.3 is 0 Å². The summed E-state index contributed by atoms with van der Waals surface area (Å²) in [6.07, 6.45) is 7.83. The van der Waals surface area contributed by atoms with Gasteiger partial charge in [-0.25, -0.2) is 9.97 Å². The first-order valence-electron chi connectivity index (χ1n) is 8.34. The summed E-state index contributed by atoms with van der Waals surface area (Å²) in [4.78, 5) is 36.6. The molecule has 0 bridgehead atoms. The molecule has 0 saturated carbocycles. The number of fused-ring (bicyclic) bond motifs is 3. The fraction of sp³-hybridized carbons (Fsp3) is 0.412. The van der Waals surface area contributed by atoms with E-state index in [0.717, 1.165) is 34.4 Å². The Hall–Kier alpha value is -2.06. The van der Waals surface area contributed by atoms with Crippen LogP contribution in [0.5, 0.6) is 0 Å². The van der Waals surface area contributed by atoms with Crippen LogP contribution in [0.1, 0.15) is 34.6 Å². The summed E-state index contributed by atoms with van der Waals surface area (Å²) in [6.45, 7) is 2.26. The van der Waals surface area contributed by atoms with Crippen molar-refractivity contribution in [2.75, 3.05) is 5.32 Å². The van der Waals surface area contributed by atoms with Crippen LogP contribution in [-0.4, -0.2) is 20.4 Å². The number of rotatable bonds is 4. The van der Waals surface area contributed by atoms with Crippen molar-refractivity contribution in [2.45, 2.75) is 45.6 Å². The average Bonchev–Trinajstić information content (AvgIpc) is 3.17. The van der Waals surface area contributed by atoms with Crippen molar-refractivity contribution in [1.82, 2.24) is 14.5 Å². The molecular weight excluding hydrogens is 356 g/mol. The highest BCUT2D eigenvalue weighted by Crippen LogP contribution is 2.33. The number of anilines is 1. The van der Waals surface area contributed by atoms with Gasteiger partial charge in [-0.2, -0.15) is 0 Å². The van der Waals surface area contributed by atoms with E-state index in [1.54, 1.807) is 28.4 Å². The Kier molecular flexibility index (Phi) is 4.39. The highest BCUT2D eigenvalue weighted by molar-refractivity contribution is 7.18. The SMILES string of the molecule is Cc1cnc(NC(=O)CCn2cnc3sc4c(c3c2=O)CCCC4)s1. The molecule has 1 amide bonds. The molecular formula is C17H18N4O2S2. The maximum absolute atomic E-state index is 12.8. The Balaban J connectivity index is 1.52. The predicted molar refractivity (Wildman–Crippen MR) is 101 cm³/mol. The lowest BCUT2D eigenvalue weighted by Gasteiger charge is -2.10. The molecule has 1 N–H and O–H groups in total. The number of aryl methyl sites for hydroxylation is 4. The van der Waals surface area contributed by atoms with E-state index in [1.165, 1.54) is 28.2 Å². The molecule has 0 fully saturated rings. The second-order valence-electron chi connectivity index (χ2n) is 6.21. The van der Waals surface area contributed by atoms with Crippen LogP contribution in [0, 0.1) is 6.92 Å². The van der Waals surface area contributed by atoms with E-state index in [4.69, 9.17) is 0 Å². The number of thiazole rings is 1. The second kappa shape index (κ2) is 6.68. The van der Waals surface area contributed by atoms with Crippen molar-refractivity contribution in [3.8, 4) is 0 Å². The van der Waals surface area contributed by atoms with Gasteiger partial charge in [-0.3, -0.25) is 14.2 Å². The molecule has 3 heterocycles. The van der Waals surface area contributed by atoms with Gasteiger partial charge in [-0.1, -0.05) is 0 Å². The van der Waals surface area contributed by atoms with E-state index in [-0.39, 0.29) is 17.9 Å². The minimum Gasteiger partial charge on any atom is -0.302 e. The smallest absolute Gasteiger partial charge is 0.262 e. The molecule has 3 aromatic heterocycles. The van der Waals surface area contributed by atoms with E-state index < -0.39 is 0 Å². The summed E-state index contributed by atoms with van der Waals surface area (Å²) in [5, 5.41) is 4.12. The molecule has 0 aromatic carbocycles. The molecule has 8 heteroatoms. The van der Waals surface area contributed by atoms with Crippen LogP contribution in [0.3, 0.4) is 0 Å². The van der Waals surface area contributed by atoms with E-state index in [2.05, 4.69) is 15.3 Å². The first kappa shape index (κ1) is 16.4. The zero-order chi connectivity index (χ0) is 17.4. The highest BCUT2D eigenvalue weighted by Gasteiger charge is 2.20. The third kappa shape index (κ3) is 3.23. The number of aromatic nitrogens is 3. The van der Waals surface area contributed by atoms with Crippen LogP contribution in [0.4, 0.5) is 5.13 Å². The monoisotopic (exact) mass is 374 g/mol. The summed E-state index contributed by atoms with van der Waals surface area (Å²) in [6, 6.07) is 0. The lowest BCUT2D eigenvalue weighted by atomic mass is 9.97. The van der Waals surface area contributed by atoms with E-state index in [1.807, 2.05) is 6.92 Å². The van der Waals surface area contributed by atoms with Gasteiger partial charge in [-0.05, 0) is 38.2 Å². The summed E-state index contributed by atoms with van der Waals surface area (Å²) >= 11 is 3.08. The maximum Gasteiger partial charge on any atom is 0.262 e. The van der Waals surface area contributed by atoms with Crippen molar-refractivity contribution < 1.29 is 4.79 Å². The Labute approximate surface area is 152 Å². The van der Waals surface area contributed by atoms with E-state index in [9.17, 15) is 9.59 Å². The van der Waals surface area contributed by atoms with E-state index >= 15 is 0 Å². The topological polar surface area (TPSA) is 76.9 Å². The van der Waals surface area contributed by atoms with Gasteiger partial charge in [0.15, 0.2) is 5.13 Å². The number of thiophene rings is 1. The van der Waals surface area contributed by atoms with Gasteiger partial charge in [0.2, 0.25) is 5.91 Å². The van der Waals surface area contributed by atoms with E-state index in [0.29, 0.717) is 11.7 Å². The fourth-order valence-corrected chi connectivity index (χ4v) is 5.06. The molecule has 0 radical (unpaired) electrons. The molecule has 3 aromatic rings. The van der Waals surface area contributed by atoms with Gasteiger partial charge in [0, 0.05) is 28.9 Å². The maximum atomic E-state index is 12.8. The molecule has 1 aliphatic rings. The first-order chi connectivity index (χ1) is 12.1. The highest BCUT2D eigenvalue weighted by atomic mass is 32.1. The van der Waals surface area contributed by atoms with Crippen molar-refractivity contribution in [2.24, 2.45) is 0 Å². The summed E-state index contributed by atoms with van der Waals surface area (Å²) < 4.78 is 1.55. The predicted octanol–water partition coefficient (Wildman–Crippen LogP) is 3.13. The van der Waals surface area contributed by atoms with Crippen molar-refractivity contribution in [1.29, 1.82) is 0 Å². The first-order valence-corrected chi connectivity index (χ1v) is 9.97. The average molecular weight is 374 g/mol. The van der Waals surface area contributed by atoms with Gasteiger partial charge < -0.3 is 5.32 Å². The van der Waals surface area contributed by atoms with Crippen LogP contribution in [0.15, 0.2) is 17.3 Å². The summed E-state index contributed by atoms with van der Waals surface area (Å²) in [7, 11) is 0. The molecule has 0 unspecified atom stereocenters. The lowest BCUT2D eigenvalue weighted by Crippen LogP contribution is -2.24. The zero-order valence-electron chi connectivity index (χ0n) is 13.9. The third-order valence-electron chi connectivity index (χ3n) is 4.39. The Bertz CT molecular complexity index is 1000. The molecule has 0 aliphatic heterocycles.